The highest BCUT2D eigenvalue weighted by Gasteiger charge is 2.04. The molecule has 2 aromatic rings. The maximum atomic E-state index is 11.7. The Balaban J connectivity index is 1.84. The molecule has 22 heavy (non-hydrogen) atoms. The van der Waals surface area contributed by atoms with E-state index in [0.29, 0.717) is 15.6 Å². The number of carbonyl (C=O) groups excluding carboxylic acids is 1. The number of nitrogens with zero attached hydrogens (tertiary/aromatic N) is 1. The highest BCUT2D eigenvalue weighted by atomic mass is 35.5. The molecule has 0 heterocycles. The van der Waals surface area contributed by atoms with Crippen LogP contribution in [0.1, 0.15) is 11.1 Å². The van der Waals surface area contributed by atoms with Crippen LogP contribution >= 0.6 is 23.2 Å². The van der Waals surface area contributed by atoms with E-state index in [1.165, 1.54) is 6.21 Å². The first kappa shape index (κ1) is 16.3. The fourth-order valence-electron chi connectivity index (χ4n) is 1.73. The highest BCUT2D eigenvalue weighted by Crippen LogP contribution is 2.24. The zero-order valence-corrected chi connectivity index (χ0v) is 13.4. The number of oxime groups is 1. The van der Waals surface area contributed by atoms with Gasteiger partial charge in [-0.05, 0) is 30.7 Å². The van der Waals surface area contributed by atoms with Gasteiger partial charge in [0.05, 0.1) is 16.3 Å². The zero-order valence-electron chi connectivity index (χ0n) is 11.8. The molecule has 0 saturated heterocycles. The largest absolute Gasteiger partial charge is 0.386 e. The fourth-order valence-corrected chi connectivity index (χ4v) is 2.09. The van der Waals surface area contributed by atoms with Crippen LogP contribution in [0.2, 0.25) is 10.0 Å². The lowest BCUT2D eigenvalue weighted by Crippen LogP contribution is -2.16. The van der Waals surface area contributed by atoms with E-state index in [9.17, 15) is 4.79 Å². The maximum Gasteiger partial charge on any atom is 0.265 e. The molecule has 0 bridgehead atoms. The molecule has 0 aliphatic heterocycles. The minimum atomic E-state index is -0.292. The smallest absolute Gasteiger partial charge is 0.265 e. The lowest BCUT2D eigenvalue weighted by molar-refractivity contribution is -0.120. The van der Waals surface area contributed by atoms with Gasteiger partial charge >= 0.3 is 0 Å². The SMILES string of the molecule is Cc1cccc(NC(=O)CO/N=C\c2cccc(Cl)c2Cl)c1. The molecule has 1 N–H and O–H groups in total. The second-order valence-corrected chi connectivity index (χ2v) is 5.35. The fraction of sp³-hybridized carbons (Fsp3) is 0.125. The molecule has 0 saturated carbocycles. The number of benzene rings is 2. The number of carbonyl (C=O) groups is 1. The summed E-state index contributed by atoms with van der Waals surface area (Å²) in [6.45, 7) is 1.76. The van der Waals surface area contributed by atoms with Gasteiger partial charge in [0.2, 0.25) is 0 Å². The molecule has 0 fully saturated rings. The van der Waals surface area contributed by atoms with Crippen LogP contribution in [0.5, 0.6) is 0 Å². The topological polar surface area (TPSA) is 50.7 Å². The Morgan fingerprint density at radius 2 is 2.05 bits per heavy atom. The Labute approximate surface area is 138 Å². The normalized spacial score (nSPS) is 10.7. The molecule has 2 aromatic carbocycles. The molecule has 0 aliphatic rings. The lowest BCUT2D eigenvalue weighted by atomic mass is 10.2. The zero-order chi connectivity index (χ0) is 15.9. The summed E-state index contributed by atoms with van der Waals surface area (Å²) in [7, 11) is 0. The van der Waals surface area contributed by atoms with Crippen LogP contribution in [0, 0.1) is 6.92 Å². The van der Waals surface area contributed by atoms with Crippen molar-refractivity contribution in [3.05, 3.63) is 63.6 Å². The molecule has 114 valence electrons. The number of nitrogens with one attached hydrogen (secondary N) is 1. The summed E-state index contributed by atoms with van der Waals surface area (Å²) in [5.74, 6) is -0.292. The Morgan fingerprint density at radius 1 is 1.27 bits per heavy atom. The molecule has 0 aromatic heterocycles. The third-order valence-corrected chi connectivity index (χ3v) is 3.58. The maximum absolute atomic E-state index is 11.7. The van der Waals surface area contributed by atoms with E-state index < -0.39 is 0 Å². The van der Waals surface area contributed by atoms with E-state index >= 15 is 0 Å². The summed E-state index contributed by atoms with van der Waals surface area (Å²) in [6, 6.07) is 12.7. The van der Waals surface area contributed by atoms with Gasteiger partial charge < -0.3 is 10.2 Å². The number of hydrogen-bond acceptors (Lipinski definition) is 3. The summed E-state index contributed by atoms with van der Waals surface area (Å²) >= 11 is 11.9. The standard InChI is InChI=1S/C16H14Cl2N2O2/c1-11-4-2-6-13(8-11)20-15(21)10-22-19-9-12-5-3-7-14(17)16(12)18/h2-9H,10H2,1H3,(H,20,21)/b19-9-. The average Bonchev–Trinajstić information content (AvgIpc) is 2.48. The Bertz CT molecular complexity index is 702. The van der Waals surface area contributed by atoms with Crippen LogP contribution in [0.4, 0.5) is 5.69 Å². The van der Waals surface area contributed by atoms with Crippen molar-refractivity contribution < 1.29 is 9.63 Å². The predicted octanol–water partition coefficient (Wildman–Crippen LogP) is 4.29. The van der Waals surface area contributed by atoms with E-state index in [2.05, 4.69) is 10.5 Å². The molecule has 0 radical (unpaired) electrons. The molecule has 2 rings (SSSR count). The van der Waals surface area contributed by atoms with Gasteiger partial charge in [0.1, 0.15) is 0 Å². The first-order valence-electron chi connectivity index (χ1n) is 6.52. The van der Waals surface area contributed by atoms with Crippen LogP contribution in [0.3, 0.4) is 0 Å². The molecule has 0 spiro atoms. The van der Waals surface area contributed by atoms with Gasteiger partial charge in [-0.3, -0.25) is 4.79 Å². The van der Waals surface area contributed by atoms with Crippen molar-refractivity contribution in [2.45, 2.75) is 6.92 Å². The third kappa shape index (κ3) is 4.76. The van der Waals surface area contributed by atoms with E-state index in [0.717, 1.165) is 11.3 Å². The van der Waals surface area contributed by atoms with Crippen molar-refractivity contribution in [2.24, 2.45) is 5.16 Å². The van der Waals surface area contributed by atoms with Crippen molar-refractivity contribution in [2.75, 3.05) is 11.9 Å². The summed E-state index contributed by atoms with van der Waals surface area (Å²) in [5.41, 5.74) is 2.40. The predicted molar refractivity (Wildman–Crippen MR) is 89.8 cm³/mol. The first-order chi connectivity index (χ1) is 10.6. The summed E-state index contributed by atoms with van der Waals surface area (Å²) < 4.78 is 0. The van der Waals surface area contributed by atoms with E-state index in [-0.39, 0.29) is 12.5 Å². The van der Waals surface area contributed by atoms with Gasteiger partial charge in [-0.2, -0.15) is 0 Å². The number of amides is 1. The van der Waals surface area contributed by atoms with Gasteiger partial charge in [0, 0.05) is 11.3 Å². The molecular formula is C16H14Cl2N2O2. The quantitative estimate of drug-likeness (QED) is 0.654. The highest BCUT2D eigenvalue weighted by molar-refractivity contribution is 6.43. The van der Waals surface area contributed by atoms with Gasteiger partial charge in [-0.1, -0.05) is 52.6 Å². The van der Waals surface area contributed by atoms with Crippen molar-refractivity contribution in [1.82, 2.24) is 0 Å². The van der Waals surface area contributed by atoms with Crippen LogP contribution in [0.25, 0.3) is 0 Å². The molecule has 6 heteroatoms. The second-order valence-electron chi connectivity index (χ2n) is 4.57. The summed E-state index contributed by atoms with van der Waals surface area (Å²) in [5, 5.41) is 7.25. The van der Waals surface area contributed by atoms with Crippen LogP contribution in [-0.2, 0) is 9.63 Å². The second kappa shape index (κ2) is 7.82. The molecule has 0 aliphatic carbocycles. The number of aryl methyl sites for hydroxylation is 1. The molecular weight excluding hydrogens is 323 g/mol. The van der Waals surface area contributed by atoms with E-state index in [4.69, 9.17) is 28.0 Å². The molecule has 0 atom stereocenters. The first-order valence-corrected chi connectivity index (χ1v) is 7.28. The van der Waals surface area contributed by atoms with Gasteiger partial charge in [-0.25, -0.2) is 0 Å². The van der Waals surface area contributed by atoms with Gasteiger partial charge in [0.25, 0.3) is 5.91 Å². The number of rotatable bonds is 5. The summed E-state index contributed by atoms with van der Waals surface area (Å²) in [6.07, 6.45) is 1.41. The Kier molecular flexibility index (Phi) is 5.81. The number of hydrogen-bond donors (Lipinski definition) is 1. The van der Waals surface area contributed by atoms with Crippen molar-refractivity contribution in [1.29, 1.82) is 0 Å². The average molecular weight is 337 g/mol. The van der Waals surface area contributed by atoms with Gasteiger partial charge in [0.15, 0.2) is 6.61 Å². The monoisotopic (exact) mass is 336 g/mol. The summed E-state index contributed by atoms with van der Waals surface area (Å²) in [4.78, 5) is 16.7. The van der Waals surface area contributed by atoms with Crippen molar-refractivity contribution >= 4 is 41.0 Å². The minimum Gasteiger partial charge on any atom is -0.386 e. The van der Waals surface area contributed by atoms with Crippen molar-refractivity contribution in [3.8, 4) is 0 Å². The van der Waals surface area contributed by atoms with Crippen LogP contribution < -0.4 is 5.32 Å². The minimum absolute atomic E-state index is 0.192. The van der Waals surface area contributed by atoms with E-state index in [1.54, 1.807) is 24.3 Å². The molecule has 4 nitrogen and oxygen atoms in total. The Hall–Kier alpha value is -2.04. The Morgan fingerprint density at radius 3 is 2.82 bits per heavy atom. The number of anilines is 1. The third-order valence-electron chi connectivity index (χ3n) is 2.75. The molecule has 1 amide bonds. The van der Waals surface area contributed by atoms with Gasteiger partial charge in [-0.15, -0.1) is 0 Å². The lowest BCUT2D eigenvalue weighted by Gasteiger charge is -2.05. The van der Waals surface area contributed by atoms with E-state index in [1.807, 2.05) is 25.1 Å². The number of halogens is 2. The van der Waals surface area contributed by atoms with Crippen LogP contribution in [-0.4, -0.2) is 18.7 Å². The van der Waals surface area contributed by atoms with Crippen LogP contribution in [0.15, 0.2) is 47.6 Å². The van der Waals surface area contributed by atoms with Crippen molar-refractivity contribution in [3.63, 3.8) is 0 Å². The molecule has 0 unspecified atom stereocenters.